The van der Waals surface area contributed by atoms with E-state index in [9.17, 15) is 22.4 Å². The fourth-order valence-corrected chi connectivity index (χ4v) is 4.64. The maximum Gasteiger partial charge on any atom is 0.280 e. The number of sulfonamides is 1. The van der Waals surface area contributed by atoms with Gasteiger partial charge in [0.2, 0.25) is 15.9 Å². The van der Waals surface area contributed by atoms with Crippen LogP contribution in [0.15, 0.2) is 29.2 Å². The molecule has 3 rings (SSSR count). The number of piperidine rings is 1. The summed E-state index contributed by atoms with van der Waals surface area (Å²) in [5.41, 5.74) is 0. The van der Waals surface area contributed by atoms with Crippen molar-refractivity contribution >= 4 is 21.8 Å². The van der Waals surface area contributed by atoms with Crippen LogP contribution in [-0.2, 0) is 19.6 Å². The van der Waals surface area contributed by atoms with Gasteiger partial charge in [-0.15, -0.1) is 0 Å². The molecule has 2 saturated heterocycles. The Morgan fingerprint density at radius 2 is 2.04 bits per heavy atom. The first-order valence-electron chi connectivity index (χ1n) is 8.55. The molecule has 1 aromatic carbocycles. The molecule has 0 aromatic heterocycles. The van der Waals surface area contributed by atoms with Gasteiger partial charge in [0, 0.05) is 6.54 Å². The van der Waals surface area contributed by atoms with Crippen LogP contribution in [0.2, 0.25) is 0 Å². The standard InChI is InChI=1S/C16H21FN4O4S/c17-11-3-5-12(6-4-11)26(24,25)21-9-8-18-14(10-21)16(23)20-13-2-1-7-19-15(13)22/h3-6,13-14,18H,1-2,7-10H2,(H,19,22)(H,20,23)/p+1/t13-,14-/m0/s1. The number of hydrogen-bond acceptors (Lipinski definition) is 4. The van der Waals surface area contributed by atoms with Crippen LogP contribution in [0.4, 0.5) is 4.39 Å². The molecule has 26 heavy (non-hydrogen) atoms. The molecule has 2 atom stereocenters. The van der Waals surface area contributed by atoms with Crippen molar-refractivity contribution < 1.29 is 27.7 Å². The minimum atomic E-state index is -3.80. The lowest BCUT2D eigenvalue weighted by Gasteiger charge is -2.31. The van der Waals surface area contributed by atoms with E-state index in [0.29, 0.717) is 19.5 Å². The third-order valence-corrected chi connectivity index (χ3v) is 6.50. The number of hydrogen-bond donors (Lipinski definition) is 3. The highest BCUT2D eigenvalue weighted by Gasteiger charge is 2.37. The van der Waals surface area contributed by atoms with Crippen LogP contribution < -0.4 is 16.0 Å². The molecular formula is C16H22FN4O4S+. The summed E-state index contributed by atoms with van der Waals surface area (Å²) < 4.78 is 39.7. The van der Waals surface area contributed by atoms with E-state index in [0.717, 1.165) is 18.6 Å². The normalized spacial score (nSPS) is 24.7. The molecule has 10 heteroatoms. The number of amides is 2. The van der Waals surface area contributed by atoms with Gasteiger partial charge >= 0.3 is 0 Å². The minimum Gasteiger partial charge on any atom is -0.354 e. The number of quaternary nitrogens is 1. The molecule has 0 spiro atoms. The van der Waals surface area contributed by atoms with Crippen molar-refractivity contribution in [1.29, 1.82) is 0 Å². The lowest BCUT2D eigenvalue weighted by molar-refractivity contribution is -0.683. The Morgan fingerprint density at radius 3 is 2.73 bits per heavy atom. The van der Waals surface area contributed by atoms with Crippen molar-refractivity contribution in [2.45, 2.75) is 29.8 Å². The van der Waals surface area contributed by atoms with E-state index in [1.54, 1.807) is 5.32 Å². The van der Waals surface area contributed by atoms with E-state index in [2.05, 4.69) is 10.6 Å². The average Bonchev–Trinajstić information content (AvgIpc) is 2.64. The number of nitrogens with zero attached hydrogens (tertiary/aromatic N) is 1. The van der Waals surface area contributed by atoms with E-state index in [4.69, 9.17) is 0 Å². The molecule has 0 aliphatic carbocycles. The molecule has 2 amide bonds. The molecule has 1 aromatic rings. The van der Waals surface area contributed by atoms with Crippen LogP contribution in [0, 0.1) is 5.82 Å². The molecule has 4 N–H and O–H groups in total. The second-order valence-electron chi connectivity index (χ2n) is 6.44. The van der Waals surface area contributed by atoms with Crippen molar-refractivity contribution in [3.8, 4) is 0 Å². The lowest BCUT2D eigenvalue weighted by atomic mass is 10.1. The Hall–Kier alpha value is -2.04. The summed E-state index contributed by atoms with van der Waals surface area (Å²) in [4.78, 5) is 24.2. The van der Waals surface area contributed by atoms with E-state index in [1.165, 1.54) is 16.4 Å². The van der Waals surface area contributed by atoms with Gasteiger partial charge in [0.15, 0.2) is 6.04 Å². The summed E-state index contributed by atoms with van der Waals surface area (Å²) in [6, 6.07) is 3.40. The van der Waals surface area contributed by atoms with E-state index >= 15 is 0 Å². The molecular weight excluding hydrogens is 363 g/mol. The first-order chi connectivity index (χ1) is 12.4. The number of rotatable bonds is 4. The van der Waals surface area contributed by atoms with Gasteiger partial charge < -0.3 is 16.0 Å². The molecule has 0 saturated carbocycles. The topological polar surface area (TPSA) is 112 Å². The van der Waals surface area contributed by atoms with Crippen LogP contribution in [0.3, 0.4) is 0 Å². The zero-order valence-corrected chi connectivity index (χ0v) is 15.0. The quantitative estimate of drug-likeness (QED) is 0.565. The summed E-state index contributed by atoms with van der Waals surface area (Å²) in [7, 11) is -3.80. The van der Waals surface area contributed by atoms with E-state index < -0.39 is 27.9 Å². The Morgan fingerprint density at radius 1 is 1.31 bits per heavy atom. The number of carbonyl (C=O) groups is 2. The maximum atomic E-state index is 13.0. The van der Waals surface area contributed by atoms with Gasteiger partial charge in [-0.25, -0.2) is 12.8 Å². The number of piperazine rings is 1. The highest BCUT2D eigenvalue weighted by atomic mass is 32.2. The fraction of sp³-hybridized carbons (Fsp3) is 0.500. The highest BCUT2D eigenvalue weighted by molar-refractivity contribution is 7.89. The second kappa shape index (κ2) is 7.68. The van der Waals surface area contributed by atoms with Gasteiger partial charge in [0.25, 0.3) is 5.91 Å². The van der Waals surface area contributed by atoms with Crippen molar-refractivity contribution in [1.82, 2.24) is 14.9 Å². The zero-order valence-electron chi connectivity index (χ0n) is 14.2. The Labute approximate surface area is 151 Å². The zero-order chi connectivity index (χ0) is 18.7. The number of halogens is 1. The molecule has 0 radical (unpaired) electrons. The van der Waals surface area contributed by atoms with Gasteiger partial charge in [-0.3, -0.25) is 9.59 Å². The van der Waals surface area contributed by atoms with Crippen LogP contribution in [0.25, 0.3) is 0 Å². The molecule has 8 nitrogen and oxygen atoms in total. The summed E-state index contributed by atoms with van der Waals surface area (Å²) in [5, 5.41) is 7.17. The SMILES string of the molecule is O=C1NCCC[C@@H]1NC(=O)[C@@H]1CN(S(=O)(=O)c2ccc(F)cc2)CC[NH2+]1. The number of nitrogens with two attached hydrogens (primary N) is 1. The van der Waals surface area contributed by atoms with Gasteiger partial charge in [-0.05, 0) is 37.1 Å². The highest BCUT2D eigenvalue weighted by Crippen LogP contribution is 2.17. The Balaban J connectivity index is 1.67. The summed E-state index contributed by atoms with van der Waals surface area (Å²) >= 11 is 0. The van der Waals surface area contributed by atoms with Crippen LogP contribution in [-0.4, -0.2) is 62.8 Å². The second-order valence-corrected chi connectivity index (χ2v) is 8.38. The number of carbonyl (C=O) groups excluding carboxylic acids is 2. The third kappa shape index (κ3) is 4.02. The van der Waals surface area contributed by atoms with E-state index in [1.807, 2.05) is 0 Å². The molecule has 0 unspecified atom stereocenters. The lowest BCUT2D eigenvalue weighted by Crippen LogP contribution is -2.98. The van der Waals surface area contributed by atoms with Crippen LogP contribution in [0.5, 0.6) is 0 Å². The van der Waals surface area contributed by atoms with Crippen molar-refractivity contribution in [2.24, 2.45) is 0 Å². The summed E-state index contributed by atoms with van der Waals surface area (Å²) in [6.07, 6.45) is 1.36. The molecule has 2 aliphatic heterocycles. The van der Waals surface area contributed by atoms with Crippen molar-refractivity contribution in [2.75, 3.05) is 26.2 Å². The predicted octanol–water partition coefficient (Wildman–Crippen LogP) is -1.84. The van der Waals surface area contributed by atoms with Crippen LogP contribution in [0.1, 0.15) is 12.8 Å². The number of nitrogens with one attached hydrogen (secondary N) is 2. The summed E-state index contributed by atoms with van der Waals surface area (Å²) in [5.74, 6) is -1.08. The van der Waals surface area contributed by atoms with Gasteiger partial charge in [0.05, 0.1) is 24.5 Å². The van der Waals surface area contributed by atoms with Crippen molar-refractivity contribution in [3.05, 3.63) is 30.1 Å². The monoisotopic (exact) mass is 385 g/mol. The Kier molecular flexibility index (Phi) is 5.54. The molecule has 2 fully saturated rings. The third-order valence-electron chi connectivity index (χ3n) is 4.62. The largest absolute Gasteiger partial charge is 0.354 e. The van der Waals surface area contributed by atoms with Gasteiger partial charge in [0.1, 0.15) is 11.9 Å². The first kappa shape index (κ1) is 18.7. The first-order valence-corrected chi connectivity index (χ1v) is 9.99. The van der Waals surface area contributed by atoms with E-state index in [-0.39, 0.29) is 29.8 Å². The predicted molar refractivity (Wildman–Crippen MR) is 89.9 cm³/mol. The molecule has 142 valence electrons. The van der Waals surface area contributed by atoms with Crippen LogP contribution >= 0.6 is 0 Å². The molecule has 2 aliphatic rings. The number of benzene rings is 1. The molecule has 2 heterocycles. The van der Waals surface area contributed by atoms with Crippen molar-refractivity contribution in [3.63, 3.8) is 0 Å². The Bertz CT molecular complexity index is 784. The molecule has 0 bridgehead atoms. The summed E-state index contributed by atoms with van der Waals surface area (Å²) in [6.45, 7) is 1.28. The maximum absolute atomic E-state index is 13.0. The minimum absolute atomic E-state index is 0.000117. The average molecular weight is 385 g/mol. The smallest absolute Gasteiger partial charge is 0.280 e. The van der Waals surface area contributed by atoms with Gasteiger partial charge in [-0.1, -0.05) is 0 Å². The van der Waals surface area contributed by atoms with Gasteiger partial charge in [-0.2, -0.15) is 4.31 Å². The fourth-order valence-electron chi connectivity index (χ4n) is 3.16.